The topological polar surface area (TPSA) is 137 Å². The van der Waals surface area contributed by atoms with E-state index >= 15 is 0 Å². The summed E-state index contributed by atoms with van der Waals surface area (Å²) < 4.78 is 93.0. The molecule has 146 valence electrons. The molecule has 0 aromatic carbocycles. The van der Waals surface area contributed by atoms with Crippen LogP contribution in [0.25, 0.3) is 0 Å². The molecule has 0 aliphatic carbocycles. The maximum Gasteiger partial charge on any atom is 0.167 e. The van der Waals surface area contributed by atoms with Gasteiger partial charge in [0.15, 0.2) is 48.5 Å². The van der Waals surface area contributed by atoms with Crippen molar-refractivity contribution in [3.63, 3.8) is 0 Å². The third kappa shape index (κ3) is 5.67. The van der Waals surface area contributed by atoms with Crippen LogP contribution in [0, 0.1) is 0 Å². The van der Waals surface area contributed by atoms with Gasteiger partial charge in [0, 0.05) is 23.0 Å². The van der Waals surface area contributed by atoms with Crippen LogP contribution in [0.15, 0.2) is 0 Å². The van der Waals surface area contributed by atoms with E-state index in [4.69, 9.17) is 0 Å². The molecule has 0 amide bonds. The highest BCUT2D eigenvalue weighted by Crippen LogP contribution is 2.24. The Kier molecular flexibility index (Phi) is 8.38. The first kappa shape index (κ1) is 23.8. The molecular formula is C12H26O8S4. The Balaban J connectivity index is 5.91. The first-order valence-corrected chi connectivity index (χ1v) is 14.4. The van der Waals surface area contributed by atoms with Gasteiger partial charge in [-0.15, -0.1) is 0 Å². The SMILES string of the molecule is CCS(=O)(=O)C(CCC(S(=O)(=O)CC)S(=O)(=O)CC)S(=O)(=O)CC. The predicted octanol–water partition coefficient (Wildman–Crippen LogP) is 0.158. The van der Waals surface area contributed by atoms with Gasteiger partial charge in [-0.3, -0.25) is 0 Å². The molecule has 0 atom stereocenters. The third-order valence-corrected chi connectivity index (χ3v) is 14.7. The Hall–Kier alpha value is -0.200. The molecule has 0 radical (unpaired) electrons. The molecular weight excluding hydrogens is 400 g/mol. The highest BCUT2D eigenvalue weighted by atomic mass is 32.3. The van der Waals surface area contributed by atoms with E-state index in [1.807, 2.05) is 0 Å². The second kappa shape index (κ2) is 8.45. The van der Waals surface area contributed by atoms with E-state index in [1.54, 1.807) is 0 Å². The lowest BCUT2D eigenvalue weighted by molar-refractivity contribution is 0.552. The lowest BCUT2D eigenvalue weighted by Crippen LogP contribution is -2.37. The van der Waals surface area contributed by atoms with Crippen LogP contribution in [0.2, 0.25) is 0 Å². The second-order valence-corrected chi connectivity index (χ2v) is 15.7. The van der Waals surface area contributed by atoms with Crippen molar-refractivity contribution >= 4 is 39.3 Å². The standard InChI is InChI=1S/C12H26O8S4/c1-5-21(13,14)11(22(15,16)6-2)9-10-12(23(17,18)7-3)24(19,20)8-4/h11-12H,5-10H2,1-4H3. The smallest absolute Gasteiger partial charge is 0.167 e. The molecule has 0 N–H and O–H groups in total. The minimum Gasteiger partial charge on any atom is -0.228 e. The van der Waals surface area contributed by atoms with Crippen LogP contribution in [0.4, 0.5) is 0 Å². The van der Waals surface area contributed by atoms with E-state index in [0.717, 1.165) is 0 Å². The Morgan fingerprint density at radius 3 is 0.750 bits per heavy atom. The predicted molar refractivity (Wildman–Crippen MR) is 94.7 cm³/mol. The zero-order valence-electron chi connectivity index (χ0n) is 14.3. The number of hydrogen-bond donors (Lipinski definition) is 0. The van der Waals surface area contributed by atoms with Crippen LogP contribution in [-0.4, -0.2) is 65.8 Å². The molecule has 24 heavy (non-hydrogen) atoms. The summed E-state index contributed by atoms with van der Waals surface area (Å²) in [6.07, 6.45) is -1.12. The van der Waals surface area contributed by atoms with Gasteiger partial charge in [-0.05, 0) is 12.8 Å². The van der Waals surface area contributed by atoms with E-state index < -0.39 is 84.4 Å². The lowest BCUT2D eigenvalue weighted by atomic mass is 10.4. The maximum absolute atomic E-state index is 12.1. The molecule has 0 fully saturated rings. The van der Waals surface area contributed by atoms with Gasteiger partial charge in [0.25, 0.3) is 0 Å². The van der Waals surface area contributed by atoms with E-state index in [9.17, 15) is 33.7 Å². The van der Waals surface area contributed by atoms with E-state index in [1.165, 1.54) is 27.7 Å². The van der Waals surface area contributed by atoms with Crippen molar-refractivity contribution in [3.05, 3.63) is 0 Å². The fourth-order valence-electron chi connectivity index (χ4n) is 2.18. The van der Waals surface area contributed by atoms with Crippen LogP contribution in [0.3, 0.4) is 0 Å². The van der Waals surface area contributed by atoms with Gasteiger partial charge < -0.3 is 0 Å². The minimum atomic E-state index is -4.01. The normalized spacial score (nSPS) is 14.4. The van der Waals surface area contributed by atoms with Crippen molar-refractivity contribution in [2.75, 3.05) is 23.0 Å². The van der Waals surface area contributed by atoms with Gasteiger partial charge in [0.1, 0.15) is 0 Å². The molecule has 0 bridgehead atoms. The van der Waals surface area contributed by atoms with Crippen molar-refractivity contribution in [1.82, 2.24) is 0 Å². The second-order valence-electron chi connectivity index (χ2n) is 5.24. The first-order chi connectivity index (χ1) is 10.7. The van der Waals surface area contributed by atoms with Crippen molar-refractivity contribution < 1.29 is 33.7 Å². The van der Waals surface area contributed by atoms with Crippen LogP contribution in [0.5, 0.6) is 0 Å². The van der Waals surface area contributed by atoms with Crippen molar-refractivity contribution in [2.24, 2.45) is 0 Å². The number of hydrogen-bond acceptors (Lipinski definition) is 8. The quantitative estimate of drug-likeness (QED) is 0.455. The van der Waals surface area contributed by atoms with Gasteiger partial charge in [-0.2, -0.15) is 0 Å². The molecule has 8 nitrogen and oxygen atoms in total. The van der Waals surface area contributed by atoms with Gasteiger partial charge in [0.2, 0.25) is 0 Å². The average molecular weight is 427 g/mol. The van der Waals surface area contributed by atoms with Gasteiger partial charge in [-0.25, -0.2) is 33.7 Å². The van der Waals surface area contributed by atoms with Gasteiger partial charge in [-0.1, -0.05) is 27.7 Å². The molecule has 0 aliphatic heterocycles. The summed E-state index contributed by atoms with van der Waals surface area (Å²) in [4.78, 5) is 0. The largest absolute Gasteiger partial charge is 0.228 e. The molecule has 0 heterocycles. The number of sulfone groups is 4. The Labute approximate surface area is 145 Å². The van der Waals surface area contributed by atoms with E-state index in [-0.39, 0.29) is 0 Å². The van der Waals surface area contributed by atoms with Crippen LogP contribution < -0.4 is 0 Å². The highest BCUT2D eigenvalue weighted by molar-refractivity contribution is 8.09. The van der Waals surface area contributed by atoms with Crippen LogP contribution in [-0.2, 0) is 39.3 Å². The van der Waals surface area contributed by atoms with Crippen LogP contribution >= 0.6 is 0 Å². The molecule has 0 aliphatic rings. The molecule has 0 rings (SSSR count). The van der Waals surface area contributed by atoms with E-state index in [0.29, 0.717) is 0 Å². The van der Waals surface area contributed by atoms with Gasteiger partial charge in [0.05, 0.1) is 0 Å². The zero-order valence-corrected chi connectivity index (χ0v) is 17.6. The fourth-order valence-corrected chi connectivity index (χ4v) is 10.9. The van der Waals surface area contributed by atoms with Crippen molar-refractivity contribution in [1.29, 1.82) is 0 Å². The summed E-state index contributed by atoms with van der Waals surface area (Å²) in [7, 11) is -16.0. The average Bonchev–Trinajstić information content (AvgIpc) is 2.50. The van der Waals surface area contributed by atoms with Gasteiger partial charge >= 0.3 is 0 Å². The Bertz CT molecular complexity index is 679. The molecule has 0 aromatic heterocycles. The van der Waals surface area contributed by atoms with Crippen molar-refractivity contribution in [2.45, 2.75) is 49.7 Å². The monoisotopic (exact) mass is 426 g/mol. The number of rotatable bonds is 11. The summed E-state index contributed by atoms with van der Waals surface area (Å²) in [5.74, 6) is -1.71. The van der Waals surface area contributed by atoms with Crippen molar-refractivity contribution in [3.8, 4) is 0 Å². The Morgan fingerprint density at radius 1 is 0.458 bits per heavy atom. The summed E-state index contributed by atoms with van der Waals surface area (Å²) in [5, 5.41) is 0. The summed E-state index contributed by atoms with van der Waals surface area (Å²) in [5.41, 5.74) is 0. The maximum atomic E-state index is 12.1. The summed E-state index contributed by atoms with van der Waals surface area (Å²) in [6, 6.07) is 0. The molecule has 0 saturated heterocycles. The minimum absolute atomic E-state index is 0.428. The first-order valence-electron chi connectivity index (χ1n) is 7.58. The third-order valence-electron chi connectivity index (χ3n) is 3.85. The zero-order chi connectivity index (χ0) is 19.4. The molecule has 0 saturated carbocycles. The lowest BCUT2D eigenvalue weighted by Gasteiger charge is -2.21. The highest BCUT2D eigenvalue weighted by Gasteiger charge is 2.40. The molecule has 12 heteroatoms. The molecule has 0 aromatic rings. The molecule has 0 spiro atoms. The summed E-state index contributed by atoms with van der Waals surface area (Å²) in [6.45, 7) is 5.15. The molecule has 0 unspecified atom stereocenters. The summed E-state index contributed by atoms with van der Waals surface area (Å²) >= 11 is 0. The fraction of sp³-hybridized carbons (Fsp3) is 1.00. The Morgan fingerprint density at radius 2 is 0.625 bits per heavy atom. The van der Waals surface area contributed by atoms with E-state index in [2.05, 4.69) is 0 Å². The van der Waals surface area contributed by atoms with Crippen LogP contribution in [0.1, 0.15) is 40.5 Å².